The Hall–Kier alpha value is -0.420. The number of amides is 1. The highest BCUT2D eigenvalue weighted by Crippen LogP contribution is 2.34. The molecule has 0 radical (unpaired) electrons. The standard InChI is InChI=1S/C11H14Cl2N2OS/c12-8-4-3-5-9(13)11(8)17-7-2-1-6-10(16)15-14/h3-5H,1-2,6-7,14H2,(H,15,16). The Morgan fingerprint density at radius 1 is 1.29 bits per heavy atom. The molecular weight excluding hydrogens is 279 g/mol. The quantitative estimate of drug-likeness (QED) is 0.278. The topological polar surface area (TPSA) is 55.1 Å². The van der Waals surface area contributed by atoms with Crippen molar-refractivity contribution in [2.45, 2.75) is 24.2 Å². The van der Waals surface area contributed by atoms with E-state index < -0.39 is 0 Å². The van der Waals surface area contributed by atoms with Crippen LogP contribution in [0.15, 0.2) is 23.1 Å². The van der Waals surface area contributed by atoms with Crippen molar-refractivity contribution in [3.8, 4) is 0 Å². The second-order valence-corrected chi connectivity index (χ2v) is 5.34. The minimum absolute atomic E-state index is 0.134. The van der Waals surface area contributed by atoms with Crippen LogP contribution in [0.2, 0.25) is 10.0 Å². The molecule has 3 nitrogen and oxygen atoms in total. The molecule has 3 N–H and O–H groups in total. The van der Waals surface area contributed by atoms with Crippen LogP contribution in [0.25, 0.3) is 0 Å². The molecule has 0 aliphatic heterocycles. The lowest BCUT2D eigenvalue weighted by molar-refractivity contribution is -0.121. The third kappa shape index (κ3) is 5.17. The predicted molar refractivity (Wildman–Crippen MR) is 73.4 cm³/mol. The van der Waals surface area contributed by atoms with Crippen molar-refractivity contribution in [2.75, 3.05) is 5.75 Å². The van der Waals surface area contributed by atoms with Gasteiger partial charge < -0.3 is 0 Å². The normalized spacial score (nSPS) is 10.3. The lowest BCUT2D eigenvalue weighted by Crippen LogP contribution is -2.29. The molecular formula is C11H14Cl2N2OS. The van der Waals surface area contributed by atoms with Gasteiger partial charge in [0.05, 0.1) is 10.0 Å². The van der Waals surface area contributed by atoms with Gasteiger partial charge in [-0.25, -0.2) is 5.84 Å². The molecule has 0 spiro atoms. The molecule has 6 heteroatoms. The van der Waals surface area contributed by atoms with Crippen LogP contribution in [0.3, 0.4) is 0 Å². The number of rotatable bonds is 6. The Kier molecular flexibility index (Phi) is 6.73. The van der Waals surface area contributed by atoms with E-state index in [0.29, 0.717) is 16.5 Å². The number of hydrazine groups is 1. The van der Waals surface area contributed by atoms with Crippen molar-refractivity contribution in [3.63, 3.8) is 0 Å². The Morgan fingerprint density at radius 2 is 1.94 bits per heavy atom. The van der Waals surface area contributed by atoms with Crippen molar-refractivity contribution in [1.82, 2.24) is 5.43 Å². The van der Waals surface area contributed by atoms with Gasteiger partial charge in [0.15, 0.2) is 0 Å². The fourth-order valence-corrected chi connectivity index (χ4v) is 2.94. The highest BCUT2D eigenvalue weighted by atomic mass is 35.5. The summed E-state index contributed by atoms with van der Waals surface area (Å²) >= 11 is 13.7. The van der Waals surface area contributed by atoms with Crippen LogP contribution in [0.5, 0.6) is 0 Å². The maximum Gasteiger partial charge on any atom is 0.233 e. The Balaban J connectivity index is 2.29. The van der Waals surface area contributed by atoms with E-state index in [1.54, 1.807) is 11.8 Å². The number of carbonyl (C=O) groups is 1. The third-order valence-corrected chi connectivity index (χ3v) is 4.20. The van der Waals surface area contributed by atoms with Gasteiger partial charge in [-0.15, -0.1) is 11.8 Å². The van der Waals surface area contributed by atoms with Crippen molar-refractivity contribution in [3.05, 3.63) is 28.2 Å². The summed E-state index contributed by atoms with van der Waals surface area (Å²) in [6.45, 7) is 0. The summed E-state index contributed by atoms with van der Waals surface area (Å²) in [5.74, 6) is 5.72. The van der Waals surface area contributed by atoms with Crippen LogP contribution >= 0.6 is 35.0 Å². The molecule has 1 aromatic rings. The van der Waals surface area contributed by atoms with Crippen molar-refractivity contribution in [1.29, 1.82) is 0 Å². The van der Waals surface area contributed by atoms with E-state index in [4.69, 9.17) is 29.0 Å². The third-order valence-electron chi connectivity index (χ3n) is 2.12. The summed E-state index contributed by atoms with van der Waals surface area (Å²) in [4.78, 5) is 11.8. The predicted octanol–water partition coefficient (Wildman–Crippen LogP) is 3.25. The van der Waals surface area contributed by atoms with Gasteiger partial charge in [0.2, 0.25) is 5.91 Å². The zero-order chi connectivity index (χ0) is 12.7. The van der Waals surface area contributed by atoms with Gasteiger partial charge in [-0.2, -0.15) is 0 Å². The maximum atomic E-state index is 10.9. The number of unbranched alkanes of at least 4 members (excludes halogenated alkanes) is 1. The summed E-state index contributed by atoms with van der Waals surface area (Å²) in [5.41, 5.74) is 2.10. The summed E-state index contributed by atoms with van der Waals surface area (Å²) in [7, 11) is 0. The van der Waals surface area contributed by atoms with Crippen molar-refractivity contribution >= 4 is 40.9 Å². The number of hydrogen-bond donors (Lipinski definition) is 2. The molecule has 0 bridgehead atoms. The van der Waals surface area contributed by atoms with E-state index in [0.717, 1.165) is 23.5 Å². The molecule has 1 amide bonds. The second-order valence-electron chi connectivity index (χ2n) is 3.42. The fourth-order valence-electron chi connectivity index (χ4n) is 1.25. The first-order valence-corrected chi connectivity index (χ1v) is 6.95. The molecule has 1 aromatic carbocycles. The van der Waals surface area contributed by atoms with Crippen LogP contribution < -0.4 is 11.3 Å². The van der Waals surface area contributed by atoms with Crippen LogP contribution in [0, 0.1) is 0 Å². The molecule has 1 rings (SSSR count). The van der Waals surface area contributed by atoms with E-state index in [9.17, 15) is 4.79 Å². The minimum atomic E-state index is -0.134. The van der Waals surface area contributed by atoms with Crippen LogP contribution in [-0.4, -0.2) is 11.7 Å². The average molecular weight is 293 g/mol. The van der Waals surface area contributed by atoms with Crippen LogP contribution in [-0.2, 0) is 4.79 Å². The zero-order valence-electron chi connectivity index (χ0n) is 9.21. The SMILES string of the molecule is NNC(=O)CCCCSc1c(Cl)cccc1Cl. The minimum Gasteiger partial charge on any atom is -0.294 e. The molecule has 0 fully saturated rings. The number of thioether (sulfide) groups is 1. The van der Waals surface area contributed by atoms with Gasteiger partial charge in [0, 0.05) is 11.3 Å². The Bertz CT molecular complexity index is 367. The average Bonchev–Trinajstić information content (AvgIpc) is 2.31. The number of carbonyl (C=O) groups excluding carboxylic acids is 1. The van der Waals surface area contributed by atoms with E-state index in [-0.39, 0.29) is 5.91 Å². The highest BCUT2D eigenvalue weighted by Gasteiger charge is 2.05. The maximum absolute atomic E-state index is 10.9. The van der Waals surface area contributed by atoms with E-state index in [2.05, 4.69) is 5.43 Å². The largest absolute Gasteiger partial charge is 0.294 e. The van der Waals surface area contributed by atoms with E-state index in [1.165, 1.54) is 0 Å². The first kappa shape index (κ1) is 14.6. The molecule has 0 saturated heterocycles. The molecule has 0 unspecified atom stereocenters. The van der Waals surface area contributed by atoms with E-state index >= 15 is 0 Å². The van der Waals surface area contributed by atoms with Gasteiger partial charge in [-0.3, -0.25) is 10.2 Å². The Labute approximate surface area is 115 Å². The molecule has 0 aromatic heterocycles. The highest BCUT2D eigenvalue weighted by molar-refractivity contribution is 7.99. The molecule has 17 heavy (non-hydrogen) atoms. The molecule has 0 aliphatic carbocycles. The van der Waals surface area contributed by atoms with Crippen molar-refractivity contribution < 1.29 is 4.79 Å². The lowest BCUT2D eigenvalue weighted by Gasteiger charge is -2.06. The molecule has 94 valence electrons. The summed E-state index contributed by atoms with van der Waals surface area (Å²) < 4.78 is 0. The first-order chi connectivity index (χ1) is 8.15. The Morgan fingerprint density at radius 3 is 2.53 bits per heavy atom. The monoisotopic (exact) mass is 292 g/mol. The van der Waals surface area contributed by atoms with Crippen LogP contribution in [0.4, 0.5) is 0 Å². The van der Waals surface area contributed by atoms with Gasteiger partial charge >= 0.3 is 0 Å². The van der Waals surface area contributed by atoms with Crippen molar-refractivity contribution in [2.24, 2.45) is 5.84 Å². The zero-order valence-corrected chi connectivity index (χ0v) is 11.5. The molecule has 0 heterocycles. The smallest absolute Gasteiger partial charge is 0.233 e. The van der Waals surface area contributed by atoms with Gasteiger partial charge in [-0.1, -0.05) is 29.3 Å². The fraction of sp³-hybridized carbons (Fsp3) is 0.364. The van der Waals surface area contributed by atoms with Gasteiger partial charge in [0.1, 0.15) is 0 Å². The molecule has 0 aliphatic rings. The van der Waals surface area contributed by atoms with E-state index in [1.807, 2.05) is 18.2 Å². The number of halogens is 2. The second kappa shape index (κ2) is 7.82. The number of benzene rings is 1. The summed E-state index contributed by atoms with van der Waals surface area (Å²) in [6.07, 6.45) is 2.17. The van der Waals surface area contributed by atoms with Gasteiger partial charge in [0.25, 0.3) is 0 Å². The number of nitrogens with two attached hydrogens (primary N) is 1. The number of nitrogens with one attached hydrogen (secondary N) is 1. The van der Waals surface area contributed by atoms with Crippen LogP contribution in [0.1, 0.15) is 19.3 Å². The molecule has 0 atom stereocenters. The summed E-state index contributed by atoms with van der Waals surface area (Å²) in [5, 5.41) is 1.34. The van der Waals surface area contributed by atoms with Gasteiger partial charge in [-0.05, 0) is 30.7 Å². The summed E-state index contributed by atoms with van der Waals surface area (Å²) in [6, 6.07) is 5.45. The number of hydrogen-bond acceptors (Lipinski definition) is 3. The first-order valence-electron chi connectivity index (χ1n) is 5.21. The lowest BCUT2D eigenvalue weighted by atomic mass is 10.2. The molecule has 0 saturated carbocycles.